The van der Waals surface area contributed by atoms with Crippen LogP contribution in [0.3, 0.4) is 0 Å². The molecule has 6 heteroatoms. The van der Waals surface area contributed by atoms with E-state index in [0.29, 0.717) is 17.6 Å². The standard InChI is InChI=1S/C15H12ClIN2OS/c1-8-9(2)21-15-13(8)14(16)18-12(19-15)7-20-11-6-4-3-5-10(11)17/h3-6H,7H2,1-2H3. The highest BCUT2D eigenvalue weighted by Gasteiger charge is 2.13. The molecule has 0 unspecified atom stereocenters. The summed E-state index contributed by atoms with van der Waals surface area (Å²) in [5.41, 5.74) is 1.16. The zero-order valence-corrected chi connectivity index (χ0v) is 15.2. The Morgan fingerprint density at radius 2 is 2.00 bits per heavy atom. The molecule has 108 valence electrons. The SMILES string of the molecule is Cc1sc2nc(COc3ccccc3I)nc(Cl)c2c1C. The number of thiophene rings is 1. The number of aromatic nitrogens is 2. The average molecular weight is 431 g/mol. The number of fused-ring (bicyclic) bond motifs is 1. The average Bonchev–Trinajstić information content (AvgIpc) is 2.73. The van der Waals surface area contributed by atoms with E-state index in [0.717, 1.165) is 25.1 Å². The van der Waals surface area contributed by atoms with Gasteiger partial charge in [0.2, 0.25) is 0 Å². The lowest BCUT2D eigenvalue weighted by molar-refractivity contribution is 0.294. The van der Waals surface area contributed by atoms with E-state index in [1.165, 1.54) is 4.88 Å². The largest absolute Gasteiger partial charge is 0.485 e. The Hall–Kier alpha value is -0.920. The third-order valence-corrected chi connectivity index (χ3v) is 5.49. The molecule has 21 heavy (non-hydrogen) atoms. The van der Waals surface area contributed by atoms with E-state index in [2.05, 4.69) is 39.5 Å². The second-order valence-electron chi connectivity index (χ2n) is 4.61. The van der Waals surface area contributed by atoms with Gasteiger partial charge in [-0.2, -0.15) is 0 Å². The molecule has 2 aromatic heterocycles. The molecule has 0 spiro atoms. The normalized spacial score (nSPS) is 11.0. The van der Waals surface area contributed by atoms with Crippen molar-refractivity contribution in [3.63, 3.8) is 0 Å². The van der Waals surface area contributed by atoms with E-state index in [1.807, 2.05) is 31.2 Å². The Morgan fingerprint density at radius 3 is 2.76 bits per heavy atom. The highest BCUT2D eigenvalue weighted by Crippen LogP contribution is 2.33. The first-order valence-electron chi connectivity index (χ1n) is 6.35. The predicted molar refractivity (Wildman–Crippen MR) is 95.4 cm³/mol. The monoisotopic (exact) mass is 430 g/mol. The lowest BCUT2D eigenvalue weighted by atomic mass is 10.2. The molecule has 0 saturated carbocycles. The number of hydrogen-bond donors (Lipinski definition) is 0. The summed E-state index contributed by atoms with van der Waals surface area (Å²) < 4.78 is 6.84. The molecule has 0 aliphatic rings. The number of nitrogens with zero attached hydrogens (tertiary/aromatic N) is 2. The smallest absolute Gasteiger partial charge is 0.169 e. The van der Waals surface area contributed by atoms with Crippen molar-refractivity contribution >= 4 is 55.7 Å². The van der Waals surface area contributed by atoms with Gasteiger partial charge in [-0.3, -0.25) is 0 Å². The van der Waals surface area contributed by atoms with Crippen molar-refractivity contribution in [3.8, 4) is 5.75 Å². The second kappa shape index (κ2) is 6.06. The molecule has 0 amide bonds. The van der Waals surface area contributed by atoms with E-state index in [-0.39, 0.29) is 0 Å². The van der Waals surface area contributed by atoms with Crippen LogP contribution in [0.5, 0.6) is 5.75 Å². The molecule has 2 heterocycles. The Bertz CT molecular complexity index is 819. The van der Waals surface area contributed by atoms with Gasteiger partial charge in [-0.1, -0.05) is 23.7 Å². The third kappa shape index (κ3) is 3.00. The van der Waals surface area contributed by atoms with Crippen molar-refractivity contribution in [2.75, 3.05) is 0 Å². The van der Waals surface area contributed by atoms with Crippen LogP contribution in [0, 0.1) is 17.4 Å². The first-order chi connectivity index (χ1) is 10.1. The maximum atomic E-state index is 6.29. The zero-order valence-electron chi connectivity index (χ0n) is 11.5. The molecule has 0 bridgehead atoms. The van der Waals surface area contributed by atoms with Gasteiger partial charge in [0.25, 0.3) is 0 Å². The van der Waals surface area contributed by atoms with Crippen LogP contribution in [0.4, 0.5) is 0 Å². The molecule has 0 atom stereocenters. The molecule has 3 rings (SSSR count). The molecule has 0 N–H and O–H groups in total. The van der Waals surface area contributed by atoms with E-state index in [4.69, 9.17) is 16.3 Å². The lowest BCUT2D eigenvalue weighted by Crippen LogP contribution is -2.02. The summed E-state index contributed by atoms with van der Waals surface area (Å²) in [5.74, 6) is 1.44. The van der Waals surface area contributed by atoms with E-state index in [1.54, 1.807) is 11.3 Å². The quantitative estimate of drug-likeness (QED) is 0.426. The molecule has 0 aliphatic carbocycles. The van der Waals surface area contributed by atoms with Crippen LogP contribution in [-0.2, 0) is 6.61 Å². The van der Waals surface area contributed by atoms with Crippen LogP contribution in [0.1, 0.15) is 16.3 Å². The molecule has 3 aromatic rings. The maximum absolute atomic E-state index is 6.29. The molecule has 0 radical (unpaired) electrons. The highest BCUT2D eigenvalue weighted by molar-refractivity contribution is 14.1. The number of hydrogen-bond acceptors (Lipinski definition) is 4. The van der Waals surface area contributed by atoms with Crippen LogP contribution in [-0.4, -0.2) is 9.97 Å². The molecular formula is C15H12ClIN2OS. The first kappa shape index (κ1) is 15.0. The van der Waals surface area contributed by atoms with Crippen molar-refractivity contribution in [1.29, 1.82) is 0 Å². The Kier molecular flexibility index (Phi) is 4.33. The summed E-state index contributed by atoms with van der Waals surface area (Å²) in [6.07, 6.45) is 0. The van der Waals surface area contributed by atoms with Crippen LogP contribution in [0.2, 0.25) is 5.15 Å². The van der Waals surface area contributed by atoms with Gasteiger partial charge in [0.1, 0.15) is 22.3 Å². The summed E-state index contributed by atoms with van der Waals surface area (Å²) in [5, 5.41) is 1.46. The van der Waals surface area contributed by atoms with Crippen molar-refractivity contribution in [2.45, 2.75) is 20.5 Å². The van der Waals surface area contributed by atoms with Crippen molar-refractivity contribution in [1.82, 2.24) is 9.97 Å². The van der Waals surface area contributed by atoms with Gasteiger partial charge in [0.15, 0.2) is 5.82 Å². The van der Waals surface area contributed by atoms with Gasteiger partial charge in [0, 0.05) is 4.88 Å². The minimum Gasteiger partial charge on any atom is -0.485 e. The van der Waals surface area contributed by atoms with Gasteiger partial charge >= 0.3 is 0 Å². The Morgan fingerprint density at radius 1 is 1.24 bits per heavy atom. The number of aryl methyl sites for hydroxylation is 2. The molecule has 0 saturated heterocycles. The Balaban J connectivity index is 1.90. The van der Waals surface area contributed by atoms with Gasteiger partial charge in [-0.25, -0.2) is 9.97 Å². The summed E-state index contributed by atoms with van der Waals surface area (Å²) in [7, 11) is 0. The molecule has 0 fully saturated rings. The van der Waals surface area contributed by atoms with Gasteiger partial charge in [-0.15, -0.1) is 11.3 Å². The lowest BCUT2D eigenvalue weighted by Gasteiger charge is -2.07. The summed E-state index contributed by atoms with van der Waals surface area (Å²) in [6.45, 7) is 4.43. The fourth-order valence-corrected chi connectivity index (χ4v) is 3.99. The maximum Gasteiger partial charge on any atom is 0.169 e. The summed E-state index contributed by atoms with van der Waals surface area (Å²) in [4.78, 5) is 11.1. The number of rotatable bonds is 3. The topological polar surface area (TPSA) is 35.0 Å². The molecule has 0 aliphatic heterocycles. The first-order valence-corrected chi connectivity index (χ1v) is 8.63. The predicted octanol–water partition coefficient (Wildman–Crippen LogP) is 5.15. The minimum atomic E-state index is 0.311. The summed E-state index contributed by atoms with van der Waals surface area (Å²) >= 11 is 10.2. The molecular weight excluding hydrogens is 419 g/mol. The number of halogens is 2. The number of benzene rings is 1. The van der Waals surface area contributed by atoms with E-state index >= 15 is 0 Å². The van der Waals surface area contributed by atoms with Crippen LogP contribution in [0.25, 0.3) is 10.2 Å². The van der Waals surface area contributed by atoms with Crippen molar-refractivity contribution in [3.05, 3.63) is 49.3 Å². The van der Waals surface area contributed by atoms with Gasteiger partial charge in [0.05, 0.1) is 8.96 Å². The fourth-order valence-electron chi connectivity index (χ4n) is 2.01. The van der Waals surface area contributed by atoms with Gasteiger partial charge < -0.3 is 4.74 Å². The van der Waals surface area contributed by atoms with Crippen molar-refractivity contribution < 1.29 is 4.74 Å². The Labute approximate surface area is 145 Å². The van der Waals surface area contributed by atoms with Gasteiger partial charge in [-0.05, 0) is 54.1 Å². The third-order valence-electron chi connectivity index (χ3n) is 3.22. The highest BCUT2D eigenvalue weighted by atomic mass is 127. The van der Waals surface area contributed by atoms with Crippen LogP contribution >= 0.6 is 45.5 Å². The van der Waals surface area contributed by atoms with E-state index in [9.17, 15) is 0 Å². The summed E-state index contributed by atoms with van der Waals surface area (Å²) in [6, 6.07) is 7.85. The van der Waals surface area contributed by atoms with Crippen molar-refractivity contribution in [2.24, 2.45) is 0 Å². The fraction of sp³-hybridized carbons (Fsp3) is 0.200. The van der Waals surface area contributed by atoms with E-state index < -0.39 is 0 Å². The zero-order chi connectivity index (χ0) is 15.0. The second-order valence-corrected chi connectivity index (χ2v) is 7.34. The number of ether oxygens (including phenoxy) is 1. The number of para-hydroxylation sites is 1. The molecule has 1 aromatic carbocycles. The minimum absolute atomic E-state index is 0.311. The molecule has 3 nitrogen and oxygen atoms in total. The van der Waals surface area contributed by atoms with Crippen LogP contribution < -0.4 is 4.74 Å². The van der Waals surface area contributed by atoms with Crippen LogP contribution in [0.15, 0.2) is 24.3 Å².